The molecule has 28 heavy (non-hydrogen) atoms. The molecule has 0 amide bonds. The third-order valence-corrected chi connectivity index (χ3v) is 5.61. The number of unbranched alkanes of at least 4 members (excludes halogenated alkanes) is 3. The molecule has 0 bridgehead atoms. The third-order valence-electron chi connectivity index (χ3n) is 5.10. The van der Waals surface area contributed by atoms with E-state index in [4.69, 9.17) is 14.2 Å². The van der Waals surface area contributed by atoms with Crippen LogP contribution in [0, 0.1) is 0 Å². The highest BCUT2D eigenvalue weighted by Gasteiger charge is 2.38. The zero-order chi connectivity index (χ0) is 20.4. The lowest BCUT2D eigenvalue weighted by atomic mass is 10.0. The van der Waals surface area contributed by atoms with Crippen LogP contribution in [-0.2, 0) is 9.47 Å². The van der Waals surface area contributed by atoms with Gasteiger partial charge in [-0.2, -0.15) is 4.37 Å². The molecule has 1 aliphatic heterocycles. The average molecular weight is 413 g/mol. The van der Waals surface area contributed by atoms with Crippen LogP contribution in [0.5, 0.6) is 5.88 Å². The molecule has 0 N–H and O–H groups in total. The monoisotopic (exact) mass is 412 g/mol. The summed E-state index contributed by atoms with van der Waals surface area (Å²) >= 11 is 1.18. The van der Waals surface area contributed by atoms with E-state index in [1.807, 2.05) is 6.92 Å². The smallest absolute Gasteiger partial charge is 0.475 e. The Kier molecular flexibility index (Phi) is 9.18. The normalized spacial score (nSPS) is 20.4. The second-order valence-electron chi connectivity index (χ2n) is 7.37. The number of rotatable bonds is 11. The van der Waals surface area contributed by atoms with Crippen molar-refractivity contribution < 1.29 is 23.5 Å². The molecule has 7 nitrogen and oxygen atoms in total. The largest absolute Gasteiger partial charge is 0.512 e. The molecule has 2 unspecified atom stereocenters. The molecule has 2 atom stereocenters. The molecule has 0 saturated heterocycles. The Morgan fingerprint density at radius 2 is 2.07 bits per heavy atom. The van der Waals surface area contributed by atoms with E-state index in [1.165, 1.54) is 31.0 Å². The molecule has 8 heteroatoms. The van der Waals surface area contributed by atoms with Crippen LogP contribution in [0.25, 0.3) is 5.57 Å². The number of likely N-dealkylation sites (N-methyl/N-ethyl adjacent to an activating group) is 1. The minimum absolute atomic E-state index is 0.257. The molecule has 2 heterocycles. The topological polar surface area (TPSA) is 70.5 Å². The number of aromatic nitrogens is 2. The summed E-state index contributed by atoms with van der Waals surface area (Å²) in [7, 11) is 2.12. The fourth-order valence-corrected chi connectivity index (χ4v) is 4.10. The minimum atomic E-state index is -0.601. The number of quaternary nitrogens is 1. The van der Waals surface area contributed by atoms with Crippen LogP contribution < -0.4 is 4.74 Å². The van der Waals surface area contributed by atoms with E-state index in [0.29, 0.717) is 23.6 Å². The van der Waals surface area contributed by atoms with Crippen LogP contribution in [0.15, 0.2) is 6.08 Å². The van der Waals surface area contributed by atoms with E-state index in [0.717, 1.165) is 43.6 Å². The number of hydrogen-bond acceptors (Lipinski definition) is 7. The quantitative estimate of drug-likeness (QED) is 0.300. The molecule has 1 aromatic heterocycles. The molecular weight excluding hydrogens is 378 g/mol. The Bertz CT molecular complexity index is 649. The lowest BCUT2D eigenvalue weighted by Gasteiger charge is -2.42. The van der Waals surface area contributed by atoms with Gasteiger partial charge in [0, 0.05) is 18.4 Å². The first-order chi connectivity index (χ1) is 13.5. The van der Waals surface area contributed by atoms with E-state index < -0.39 is 6.16 Å². The highest BCUT2D eigenvalue weighted by Crippen LogP contribution is 2.32. The van der Waals surface area contributed by atoms with Crippen LogP contribution in [-0.4, -0.2) is 59.0 Å². The summed E-state index contributed by atoms with van der Waals surface area (Å²) in [6.45, 7) is 8.60. The Hall–Kier alpha value is -1.67. The van der Waals surface area contributed by atoms with Gasteiger partial charge in [0.2, 0.25) is 6.23 Å². The molecule has 2 rings (SSSR count). The van der Waals surface area contributed by atoms with Crippen LogP contribution in [0.4, 0.5) is 4.79 Å². The second kappa shape index (κ2) is 11.4. The number of ether oxygens (including phenoxy) is 3. The standard InChI is InChI=1S/C20H34N3O4S/c1-5-8-9-10-14-26-19-18(21-28-22-19)16-12-11-13-23(4,15-16)17(6-2)27-20(24)25-7-3/h12,17H,5-11,13-15H2,1-4H3/q+1. The molecule has 0 radical (unpaired) electrons. The van der Waals surface area contributed by atoms with E-state index in [1.54, 1.807) is 6.92 Å². The summed E-state index contributed by atoms with van der Waals surface area (Å²) in [4.78, 5) is 11.8. The van der Waals surface area contributed by atoms with Gasteiger partial charge in [-0.25, -0.2) is 4.79 Å². The summed E-state index contributed by atoms with van der Waals surface area (Å²) in [6.07, 6.45) is 7.60. The Labute approximate surface area is 172 Å². The van der Waals surface area contributed by atoms with Gasteiger partial charge in [-0.3, -0.25) is 4.48 Å². The van der Waals surface area contributed by atoms with E-state index in [2.05, 4.69) is 28.8 Å². The van der Waals surface area contributed by atoms with Crippen molar-refractivity contribution in [3.63, 3.8) is 0 Å². The van der Waals surface area contributed by atoms with E-state index >= 15 is 0 Å². The van der Waals surface area contributed by atoms with Crippen molar-refractivity contribution in [1.82, 2.24) is 8.75 Å². The van der Waals surface area contributed by atoms with Crippen molar-refractivity contribution in [2.75, 3.05) is 33.4 Å². The predicted octanol–water partition coefficient (Wildman–Crippen LogP) is 4.64. The van der Waals surface area contributed by atoms with Crippen LogP contribution in [0.2, 0.25) is 0 Å². The fraction of sp³-hybridized carbons (Fsp3) is 0.750. The Morgan fingerprint density at radius 1 is 1.25 bits per heavy atom. The molecule has 1 aromatic rings. The Morgan fingerprint density at radius 3 is 2.79 bits per heavy atom. The van der Waals surface area contributed by atoms with Gasteiger partial charge in [0.15, 0.2) is 0 Å². The second-order valence-corrected chi connectivity index (χ2v) is 7.90. The number of hydrogen-bond donors (Lipinski definition) is 0. The summed E-state index contributed by atoms with van der Waals surface area (Å²) in [5.41, 5.74) is 1.94. The third kappa shape index (κ3) is 6.17. The van der Waals surface area contributed by atoms with Gasteiger partial charge in [-0.1, -0.05) is 39.2 Å². The van der Waals surface area contributed by atoms with Crippen molar-refractivity contribution in [1.29, 1.82) is 0 Å². The summed E-state index contributed by atoms with van der Waals surface area (Å²) in [6, 6.07) is 0. The minimum Gasteiger partial charge on any atom is -0.475 e. The highest BCUT2D eigenvalue weighted by atomic mass is 32.1. The maximum atomic E-state index is 11.8. The first-order valence-electron chi connectivity index (χ1n) is 10.4. The molecule has 0 aromatic carbocycles. The van der Waals surface area contributed by atoms with Gasteiger partial charge in [0.1, 0.15) is 12.2 Å². The van der Waals surface area contributed by atoms with Crippen molar-refractivity contribution >= 4 is 23.5 Å². The van der Waals surface area contributed by atoms with Crippen LogP contribution in [0.1, 0.15) is 65.0 Å². The average Bonchev–Trinajstić information content (AvgIpc) is 3.14. The van der Waals surface area contributed by atoms with Crippen molar-refractivity contribution in [3.05, 3.63) is 11.8 Å². The predicted molar refractivity (Wildman–Crippen MR) is 110 cm³/mol. The zero-order valence-corrected chi connectivity index (χ0v) is 18.4. The lowest BCUT2D eigenvalue weighted by Crippen LogP contribution is -2.56. The maximum Gasteiger partial charge on any atom is 0.512 e. The summed E-state index contributed by atoms with van der Waals surface area (Å²) in [5, 5.41) is 0. The molecule has 158 valence electrons. The van der Waals surface area contributed by atoms with Crippen molar-refractivity contribution in [2.45, 2.75) is 65.5 Å². The van der Waals surface area contributed by atoms with Gasteiger partial charge in [0.25, 0.3) is 5.88 Å². The molecule has 0 spiro atoms. The highest BCUT2D eigenvalue weighted by molar-refractivity contribution is 6.99. The van der Waals surface area contributed by atoms with E-state index in [-0.39, 0.29) is 6.23 Å². The van der Waals surface area contributed by atoms with Gasteiger partial charge in [0.05, 0.1) is 38.5 Å². The number of carbonyl (C=O) groups excluding carboxylic acids is 1. The molecule has 0 fully saturated rings. The van der Waals surface area contributed by atoms with Gasteiger partial charge in [-0.05, 0) is 13.3 Å². The number of nitrogens with zero attached hydrogens (tertiary/aromatic N) is 3. The Balaban J connectivity index is 2.03. The first kappa shape index (κ1) is 22.6. The van der Waals surface area contributed by atoms with Crippen molar-refractivity contribution in [3.8, 4) is 5.88 Å². The van der Waals surface area contributed by atoms with Crippen LogP contribution >= 0.6 is 11.7 Å². The van der Waals surface area contributed by atoms with Crippen molar-refractivity contribution in [2.24, 2.45) is 0 Å². The summed E-state index contributed by atoms with van der Waals surface area (Å²) in [5.74, 6) is 0.626. The zero-order valence-electron chi connectivity index (χ0n) is 17.6. The molecular formula is C20H34N3O4S+. The summed E-state index contributed by atoms with van der Waals surface area (Å²) < 4.78 is 25.9. The van der Waals surface area contributed by atoms with Gasteiger partial charge in [-0.15, -0.1) is 4.37 Å². The van der Waals surface area contributed by atoms with Gasteiger partial charge >= 0.3 is 6.16 Å². The fourth-order valence-electron chi connectivity index (χ4n) is 3.57. The van der Waals surface area contributed by atoms with Crippen LogP contribution in [0.3, 0.4) is 0 Å². The molecule has 1 aliphatic rings. The van der Waals surface area contributed by atoms with Gasteiger partial charge < -0.3 is 14.2 Å². The number of carbonyl (C=O) groups is 1. The maximum absolute atomic E-state index is 11.8. The SMILES string of the molecule is CCCCCCOc1nsnc1C1=CCC[N+](C)(C(CC)OC(=O)OCC)C1. The molecule has 0 saturated carbocycles. The molecule has 0 aliphatic carbocycles. The van der Waals surface area contributed by atoms with E-state index in [9.17, 15) is 4.79 Å². The first-order valence-corrected chi connectivity index (χ1v) is 11.1. The lowest BCUT2D eigenvalue weighted by molar-refractivity contribution is -0.947.